The van der Waals surface area contributed by atoms with Crippen LogP contribution in [0.3, 0.4) is 0 Å². The summed E-state index contributed by atoms with van der Waals surface area (Å²) in [7, 11) is 9.27. The molecule has 2 aliphatic carbocycles. The molecule has 3 heterocycles. The predicted molar refractivity (Wildman–Crippen MR) is 249 cm³/mol. The molecule has 0 amide bonds. The lowest BCUT2D eigenvalue weighted by molar-refractivity contribution is -0.684. The largest absolute Gasteiger partial charge is 0.497 e. The van der Waals surface area contributed by atoms with E-state index in [-0.39, 0.29) is 28.4 Å². The van der Waals surface area contributed by atoms with Crippen molar-refractivity contribution < 1.29 is 28.3 Å². The van der Waals surface area contributed by atoms with Gasteiger partial charge < -0.3 is 28.6 Å². The number of allylic oxidation sites excluding steroid dienone is 7. The number of hydrogen-bond acceptors (Lipinski definition) is 7. The fourth-order valence-corrected chi connectivity index (χ4v) is 10.5. The van der Waals surface area contributed by atoms with E-state index in [0.29, 0.717) is 18.6 Å². The summed E-state index contributed by atoms with van der Waals surface area (Å²) in [6.45, 7) is 26.4. The summed E-state index contributed by atoms with van der Waals surface area (Å²) in [5.74, 6) is 3.16. The van der Waals surface area contributed by atoms with Crippen molar-refractivity contribution in [3.63, 3.8) is 0 Å². The molecule has 1 fully saturated rings. The topological polar surface area (TPSA) is 56.5 Å². The molecule has 1 aromatic carbocycles. The Morgan fingerprint density at radius 3 is 2.26 bits per heavy atom. The molecule has 0 spiro atoms. The van der Waals surface area contributed by atoms with Gasteiger partial charge in [-0.25, -0.2) is 4.57 Å². The molecule has 0 N–H and O–H groups in total. The van der Waals surface area contributed by atoms with Gasteiger partial charge in [-0.05, 0) is 96.7 Å². The molecule has 0 bridgehead atoms. The van der Waals surface area contributed by atoms with Crippen molar-refractivity contribution in [3.05, 3.63) is 123 Å². The lowest BCUT2D eigenvalue weighted by Gasteiger charge is -2.34. The molecule has 1 saturated heterocycles. The van der Waals surface area contributed by atoms with Crippen molar-refractivity contribution in [2.24, 2.45) is 23.8 Å². The standard InChI is InChI=1S/C53H76N3O5/c1-35-32-36(2)54(11)37(3)48(35)50(51(4,5)6)61-49-38(20-26-46-52(7,8)42-33-40(59-14)22-24-44(42)55(46)28-16-30-57-12)18-19-39(49)21-27-47-53(9,10)43-34-41(60-15)23-25-45(43)56(47)29-17-31-58-13/h20-27,32-34,42,44,46,50H,16-19,28-31H2,1-15H3/q+1/b26-20+,39-21+,47-27+. The third-order valence-corrected chi connectivity index (χ3v) is 14.1. The Bertz CT molecular complexity index is 2110. The first kappa shape index (κ1) is 46.4. The van der Waals surface area contributed by atoms with Crippen LogP contribution in [0, 0.1) is 37.5 Å². The van der Waals surface area contributed by atoms with Gasteiger partial charge in [0.25, 0.3) is 0 Å². The Morgan fingerprint density at radius 2 is 1.61 bits per heavy atom. The van der Waals surface area contributed by atoms with Gasteiger partial charge in [0.15, 0.2) is 11.4 Å². The Balaban J connectivity index is 1.49. The molecule has 4 aliphatic rings. The van der Waals surface area contributed by atoms with Crippen molar-refractivity contribution in [2.45, 2.75) is 119 Å². The molecule has 6 rings (SSSR count). The summed E-state index contributed by atoms with van der Waals surface area (Å²) in [4.78, 5) is 5.17. The molecule has 4 atom stereocenters. The van der Waals surface area contributed by atoms with Crippen LogP contribution in [0.4, 0.5) is 5.69 Å². The first-order valence-corrected chi connectivity index (χ1v) is 22.5. The average Bonchev–Trinajstić information content (AvgIpc) is 3.77. The minimum absolute atomic E-state index is 0.0388. The number of hydrogen-bond donors (Lipinski definition) is 0. The van der Waals surface area contributed by atoms with E-state index in [1.165, 1.54) is 50.6 Å². The normalized spacial score (nSPS) is 24.0. The highest BCUT2D eigenvalue weighted by atomic mass is 16.5. The minimum atomic E-state index is -0.235. The maximum absolute atomic E-state index is 7.61. The average molecular weight is 835 g/mol. The molecular formula is C53H76N3O5+. The quantitative estimate of drug-likeness (QED) is 0.123. The van der Waals surface area contributed by atoms with Crippen LogP contribution >= 0.6 is 0 Å². The second-order valence-electron chi connectivity index (χ2n) is 19.9. The summed E-state index contributed by atoms with van der Waals surface area (Å²) >= 11 is 0. The van der Waals surface area contributed by atoms with E-state index in [9.17, 15) is 0 Å². The molecule has 0 radical (unpaired) electrons. The van der Waals surface area contributed by atoms with Crippen LogP contribution in [0.15, 0.2) is 95.2 Å². The highest BCUT2D eigenvalue weighted by molar-refractivity contribution is 5.72. The number of benzene rings is 1. The van der Waals surface area contributed by atoms with E-state index in [0.717, 1.165) is 62.6 Å². The highest BCUT2D eigenvalue weighted by Crippen LogP contribution is 2.52. The van der Waals surface area contributed by atoms with Gasteiger partial charge in [-0.15, -0.1) is 0 Å². The van der Waals surface area contributed by atoms with Crippen molar-refractivity contribution in [3.8, 4) is 5.75 Å². The van der Waals surface area contributed by atoms with Gasteiger partial charge in [0.2, 0.25) is 0 Å². The van der Waals surface area contributed by atoms with Crippen LogP contribution in [-0.4, -0.2) is 71.7 Å². The molecule has 0 saturated carbocycles. The molecule has 8 nitrogen and oxygen atoms in total. The SMILES string of the molecule is COCCCN1/C(=C/C=C2\CCC(/C=C/C3N(CCCOC)C4C=CC(OC)=CC4C3(C)C)=C2OC(c2c(C)cc(C)[n+](C)c2C)C(C)(C)C)C(C)(C)c2cc(OC)ccc21. The number of likely N-dealkylation sites (tertiary alicyclic amines) is 1. The van der Waals surface area contributed by atoms with Gasteiger partial charge in [-0.2, -0.15) is 0 Å². The van der Waals surface area contributed by atoms with E-state index in [2.05, 4.69) is 157 Å². The second-order valence-corrected chi connectivity index (χ2v) is 19.9. The third-order valence-electron chi connectivity index (χ3n) is 14.1. The first-order chi connectivity index (χ1) is 28.9. The van der Waals surface area contributed by atoms with E-state index >= 15 is 0 Å². The van der Waals surface area contributed by atoms with E-state index in [1.807, 2.05) is 0 Å². The number of rotatable bonds is 16. The van der Waals surface area contributed by atoms with Crippen LogP contribution in [0.1, 0.15) is 108 Å². The predicted octanol–water partition coefficient (Wildman–Crippen LogP) is 10.6. The summed E-state index contributed by atoms with van der Waals surface area (Å²) in [5.41, 5.74) is 10.8. The van der Waals surface area contributed by atoms with Gasteiger partial charge in [-0.1, -0.05) is 72.8 Å². The maximum Gasteiger partial charge on any atom is 0.185 e. The van der Waals surface area contributed by atoms with Gasteiger partial charge in [0.05, 0.1) is 19.8 Å². The zero-order valence-electron chi connectivity index (χ0n) is 40.2. The van der Waals surface area contributed by atoms with Gasteiger partial charge >= 0.3 is 0 Å². The van der Waals surface area contributed by atoms with Crippen LogP contribution in [0.25, 0.3) is 0 Å². The molecule has 8 heteroatoms. The molecule has 1 aromatic heterocycles. The maximum atomic E-state index is 7.61. The van der Waals surface area contributed by atoms with E-state index in [1.54, 1.807) is 28.4 Å². The lowest BCUT2D eigenvalue weighted by atomic mass is 9.73. The third kappa shape index (κ3) is 9.19. The van der Waals surface area contributed by atoms with Crippen LogP contribution in [0.5, 0.6) is 5.75 Å². The summed E-state index contributed by atoms with van der Waals surface area (Å²) in [6, 6.07) is 9.30. The number of aromatic nitrogens is 1. The number of fused-ring (bicyclic) bond motifs is 2. The summed E-state index contributed by atoms with van der Waals surface area (Å²) in [5, 5.41) is 0. The van der Waals surface area contributed by atoms with Crippen molar-refractivity contribution in [1.29, 1.82) is 0 Å². The Hall–Kier alpha value is -4.11. The van der Waals surface area contributed by atoms with E-state index in [4.69, 9.17) is 23.7 Å². The number of aryl methyl sites for hydroxylation is 2. The Labute approximate surface area is 368 Å². The van der Waals surface area contributed by atoms with Crippen molar-refractivity contribution in [1.82, 2.24) is 4.90 Å². The van der Waals surface area contributed by atoms with Crippen LogP contribution in [-0.2, 0) is 31.4 Å². The molecule has 2 aromatic rings. The summed E-state index contributed by atoms with van der Waals surface area (Å²) < 4.78 is 32.5. The Morgan fingerprint density at radius 1 is 0.902 bits per heavy atom. The molecular weight excluding hydrogens is 759 g/mol. The second kappa shape index (κ2) is 18.7. The highest BCUT2D eigenvalue weighted by Gasteiger charge is 2.52. The molecule has 4 unspecified atom stereocenters. The zero-order valence-corrected chi connectivity index (χ0v) is 40.2. The Kier molecular flexibility index (Phi) is 14.2. The number of methoxy groups -OCH3 is 4. The van der Waals surface area contributed by atoms with Crippen molar-refractivity contribution >= 4 is 5.69 Å². The number of ether oxygens (including phenoxy) is 5. The number of nitrogens with zero attached hydrogens (tertiary/aromatic N) is 3. The minimum Gasteiger partial charge on any atom is -0.497 e. The monoisotopic (exact) mass is 835 g/mol. The fourth-order valence-electron chi connectivity index (χ4n) is 10.5. The molecule has 61 heavy (non-hydrogen) atoms. The van der Waals surface area contributed by atoms with Crippen LogP contribution < -0.4 is 14.2 Å². The van der Waals surface area contributed by atoms with Crippen molar-refractivity contribution in [2.75, 3.05) is 59.6 Å². The first-order valence-electron chi connectivity index (χ1n) is 22.5. The van der Waals surface area contributed by atoms with Gasteiger partial charge in [-0.3, -0.25) is 4.90 Å². The summed E-state index contributed by atoms with van der Waals surface area (Å²) in [6.07, 6.45) is 20.0. The smallest absolute Gasteiger partial charge is 0.185 e. The number of anilines is 1. The van der Waals surface area contributed by atoms with Gasteiger partial charge in [0, 0.05) is 101 Å². The lowest BCUT2D eigenvalue weighted by Crippen LogP contribution is -2.39. The molecule has 2 aliphatic heterocycles. The number of pyridine rings is 1. The fraction of sp³-hybridized carbons (Fsp3) is 0.566. The van der Waals surface area contributed by atoms with E-state index < -0.39 is 0 Å². The van der Waals surface area contributed by atoms with Gasteiger partial charge in [0.1, 0.15) is 30.4 Å². The van der Waals surface area contributed by atoms with Crippen LogP contribution in [0.2, 0.25) is 0 Å². The zero-order chi connectivity index (χ0) is 44.4. The molecule has 332 valence electrons.